The van der Waals surface area contributed by atoms with Crippen LogP contribution >= 0.6 is 0 Å². The first kappa shape index (κ1) is 17.8. The maximum Gasteiger partial charge on any atom is 0.238 e. The molecular weight excluding hydrogens is 292 g/mol. The fraction of sp³-hybridized carbons (Fsp3) is 0.647. The standard InChI is InChI=1S/C17H28N4O2/c1-14(22)11-21-8-5-15(6-9-21)12-20(2)13-17(23)19-16-4-3-7-18-10-16/h3-4,7,10,14-15,22H,5-6,8-9,11-13H2,1-2H3,(H,19,23)/t14-/m0/s1. The van der Waals surface area contributed by atoms with Gasteiger partial charge in [0.2, 0.25) is 5.91 Å². The number of aliphatic hydroxyl groups is 1. The zero-order chi connectivity index (χ0) is 16.7. The fourth-order valence-electron chi connectivity index (χ4n) is 3.11. The Bertz CT molecular complexity index is 473. The quantitative estimate of drug-likeness (QED) is 0.786. The van der Waals surface area contributed by atoms with Crippen LogP contribution in [0.5, 0.6) is 0 Å². The fourth-order valence-corrected chi connectivity index (χ4v) is 3.11. The minimum atomic E-state index is -0.259. The van der Waals surface area contributed by atoms with Gasteiger partial charge in [0.15, 0.2) is 0 Å². The Balaban J connectivity index is 1.67. The minimum absolute atomic E-state index is 0.00737. The molecular formula is C17H28N4O2. The summed E-state index contributed by atoms with van der Waals surface area (Å²) in [5.74, 6) is 0.614. The van der Waals surface area contributed by atoms with E-state index in [1.165, 1.54) is 0 Å². The van der Waals surface area contributed by atoms with Crippen LogP contribution in [0.2, 0.25) is 0 Å². The second-order valence-electron chi connectivity index (χ2n) is 6.58. The molecule has 1 aromatic heterocycles. The van der Waals surface area contributed by atoms with E-state index < -0.39 is 0 Å². The SMILES string of the molecule is C[C@H](O)CN1CCC(CN(C)CC(=O)Nc2cccnc2)CC1. The number of aliphatic hydroxyl groups excluding tert-OH is 1. The number of piperidine rings is 1. The molecule has 1 fully saturated rings. The van der Waals surface area contributed by atoms with Gasteiger partial charge in [-0.3, -0.25) is 14.7 Å². The number of anilines is 1. The topological polar surface area (TPSA) is 68.7 Å². The van der Waals surface area contributed by atoms with Crippen LogP contribution in [0.15, 0.2) is 24.5 Å². The lowest BCUT2D eigenvalue weighted by molar-refractivity contribution is -0.117. The molecule has 1 amide bonds. The van der Waals surface area contributed by atoms with E-state index in [2.05, 4.69) is 20.1 Å². The monoisotopic (exact) mass is 320 g/mol. The van der Waals surface area contributed by atoms with Crippen molar-refractivity contribution < 1.29 is 9.90 Å². The second kappa shape index (κ2) is 8.96. The molecule has 0 saturated carbocycles. The van der Waals surface area contributed by atoms with Gasteiger partial charge in [-0.15, -0.1) is 0 Å². The summed E-state index contributed by atoms with van der Waals surface area (Å²) in [5.41, 5.74) is 0.734. The highest BCUT2D eigenvalue weighted by Crippen LogP contribution is 2.18. The predicted molar refractivity (Wildman–Crippen MR) is 91.2 cm³/mol. The van der Waals surface area contributed by atoms with Gasteiger partial charge in [-0.05, 0) is 58.0 Å². The van der Waals surface area contributed by atoms with Gasteiger partial charge < -0.3 is 15.3 Å². The minimum Gasteiger partial charge on any atom is -0.392 e. The number of β-amino-alcohol motifs (C(OH)–C–C–N with tert-alkyl or cyclic N) is 1. The molecule has 0 bridgehead atoms. The van der Waals surface area contributed by atoms with Gasteiger partial charge in [-0.25, -0.2) is 0 Å². The van der Waals surface area contributed by atoms with Crippen LogP contribution in [0, 0.1) is 5.92 Å². The van der Waals surface area contributed by atoms with Gasteiger partial charge in [0.05, 0.1) is 24.5 Å². The largest absolute Gasteiger partial charge is 0.392 e. The van der Waals surface area contributed by atoms with Crippen molar-refractivity contribution in [3.63, 3.8) is 0 Å². The van der Waals surface area contributed by atoms with Gasteiger partial charge in [-0.1, -0.05) is 0 Å². The zero-order valence-corrected chi connectivity index (χ0v) is 14.1. The maximum absolute atomic E-state index is 12.0. The second-order valence-corrected chi connectivity index (χ2v) is 6.58. The number of hydrogen-bond acceptors (Lipinski definition) is 5. The number of likely N-dealkylation sites (tertiary alicyclic amines) is 1. The molecule has 1 atom stereocenters. The van der Waals surface area contributed by atoms with Crippen LogP contribution < -0.4 is 5.32 Å². The number of amides is 1. The van der Waals surface area contributed by atoms with Crippen molar-refractivity contribution in [2.24, 2.45) is 5.92 Å². The van der Waals surface area contributed by atoms with E-state index in [1.54, 1.807) is 18.5 Å². The molecule has 1 saturated heterocycles. The van der Waals surface area contributed by atoms with Crippen molar-refractivity contribution in [3.8, 4) is 0 Å². The third-order valence-corrected chi connectivity index (χ3v) is 4.16. The number of aromatic nitrogens is 1. The van der Waals surface area contributed by atoms with Gasteiger partial charge in [-0.2, -0.15) is 0 Å². The molecule has 2 rings (SSSR count). The molecule has 0 aliphatic carbocycles. The third kappa shape index (κ3) is 6.64. The van der Waals surface area contributed by atoms with Gasteiger partial charge in [0, 0.05) is 19.3 Å². The number of nitrogens with zero attached hydrogens (tertiary/aromatic N) is 3. The van der Waals surface area contributed by atoms with E-state index >= 15 is 0 Å². The molecule has 6 nitrogen and oxygen atoms in total. The number of hydrogen-bond donors (Lipinski definition) is 2. The van der Waals surface area contributed by atoms with Crippen molar-refractivity contribution in [1.29, 1.82) is 0 Å². The molecule has 6 heteroatoms. The Morgan fingerprint density at radius 1 is 1.52 bits per heavy atom. The van der Waals surface area contributed by atoms with Gasteiger partial charge in [0.1, 0.15) is 0 Å². The summed E-state index contributed by atoms with van der Waals surface area (Å²) >= 11 is 0. The van der Waals surface area contributed by atoms with Crippen LogP contribution in [0.4, 0.5) is 5.69 Å². The van der Waals surface area contributed by atoms with Crippen LogP contribution in [0.3, 0.4) is 0 Å². The Hall–Kier alpha value is -1.50. The highest BCUT2D eigenvalue weighted by molar-refractivity contribution is 5.91. The lowest BCUT2D eigenvalue weighted by atomic mass is 9.96. The van der Waals surface area contributed by atoms with E-state index in [1.807, 2.05) is 20.0 Å². The Morgan fingerprint density at radius 3 is 2.87 bits per heavy atom. The van der Waals surface area contributed by atoms with E-state index in [4.69, 9.17) is 0 Å². The molecule has 23 heavy (non-hydrogen) atoms. The molecule has 1 aromatic rings. The number of likely N-dealkylation sites (N-methyl/N-ethyl adjacent to an activating group) is 1. The molecule has 128 valence electrons. The lowest BCUT2D eigenvalue weighted by Crippen LogP contribution is -2.41. The first-order valence-corrected chi connectivity index (χ1v) is 8.31. The molecule has 0 radical (unpaired) electrons. The Morgan fingerprint density at radius 2 is 2.26 bits per heavy atom. The van der Waals surface area contributed by atoms with Crippen LogP contribution in [0.1, 0.15) is 19.8 Å². The zero-order valence-electron chi connectivity index (χ0n) is 14.1. The summed E-state index contributed by atoms with van der Waals surface area (Å²) in [6.45, 7) is 5.99. The summed E-state index contributed by atoms with van der Waals surface area (Å²) in [5, 5.41) is 12.3. The molecule has 2 heterocycles. The predicted octanol–water partition coefficient (Wildman–Crippen LogP) is 1.04. The van der Waals surface area contributed by atoms with Crippen molar-refractivity contribution in [1.82, 2.24) is 14.8 Å². The van der Waals surface area contributed by atoms with Crippen molar-refractivity contribution in [3.05, 3.63) is 24.5 Å². The molecule has 1 aliphatic heterocycles. The summed E-state index contributed by atoms with van der Waals surface area (Å²) in [6.07, 6.45) is 5.33. The maximum atomic E-state index is 12.0. The number of carbonyl (C=O) groups excluding carboxylic acids is 1. The van der Waals surface area contributed by atoms with Crippen LogP contribution in [-0.4, -0.2) is 71.7 Å². The van der Waals surface area contributed by atoms with Gasteiger partial charge >= 0.3 is 0 Å². The summed E-state index contributed by atoms with van der Waals surface area (Å²) < 4.78 is 0. The molecule has 0 unspecified atom stereocenters. The third-order valence-electron chi connectivity index (χ3n) is 4.16. The van der Waals surface area contributed by atoms with Gasteiger partial charge in [0.25, 0.3) is 0 Å². The number of pyridine rings is 1. The van der Waals surface area contributed by atoms with Crippen molar-refractivity contribution in [2.45, 2.75) is 25.9 Å². The number of nitrogens with one attached hydrogen (secondary N) is 1. The molecule has 2 N–H and O–H groups in total. The summed E-state index contributed by atoms with van der Waals surface area (Å²) in [4.78, 5) is 20.4. The first-order valence-electron chi connectivity index (χ1n) is 8.31. The van der Waals surface area contributed by atoms with Crippen molar-refractivity contribution >= 4 is 11.6 Å². The summed E-state index contributed by atoms with van der Waals surface area (Å²) in [6, 6.07) is 3.64. The molecule has 1 aliphatic rings. The normalized spacial score (nSPS) is 18.1. The Kier molecular flexibility index (Phi) is 6.95. The average molecular weight is 320 g/mol. The summed E-state index contributed by atoms with van der Waals surface area (Å²) in [7, 11) is 1.99. The first-order chi connectivity index (χ1) is 11.0. The number of rotatable bonds is 7. The van der Waals surface area contributed by atoms with Crippen molar-refractivity contribution in [2.75, 3.05) is 45.1 Å². The number of carbonyl (C=O) groups is 1. The molecule has 0 aromatic carbocycles. The Labute approximate surface area is 138 Å². The van der Waals surface area contributed by atoms with E-state index in [-0.39, 0.29) is 12.0 Å². The van der Waals surface area contributed by atoms with Crippen LogP contribution in [0.25, 0.3) is 0 Å². The lowest BCUT2D eigenvalue weighted by Gasteiger charge is -2.34. The van der Waals surface area contributed by atoms with E-state index in [0.29, 0.717) is 12.5 Å². The highest BCUT2D eigenvalue weighted by atomic mass is 16.3. The van der Waals surface area contributed by atoms with E-state index in [0.717, 1.165) is 44.7 Å². The molecule has 0 spiro atoms. The van der Waals surface area contributed by atoms with E-state index in [9.17, 15) is 9.90 Å². The van der Waals surface area contributed by atoms with Crippen LogP contribution in [-0.2, 0) is 4.79 Å². The highest BCUT2D eigenvalue weighted by Gasteiger charge is 2.21. The smallest absolute Gasteiger partial charge is 0.238 e. The average Bonchev–Trinajstić information content (AvgIpc) is 2.49.